The summed E-state index contributed by atoms with van der Waals surface area (Å²) < 4.78 is 20.3. The number of nitrogens with zero attached hydrogens (tertiary/aromatic N) is 6. The van der Waals surface area contributed by atoms with Crippen molar-refractivity contribution in [3.05, 3.63) is 135 Å². The number of benzene rings is 3. The standard InChI is InChI=1S/C36H36ClFN6O3S.ClH/c1-42(2)16-17-43(21-25-4-8-28(9-5-25)29-10-12-31(37)13-11-29)33(45)23-44-22-30(18-27-19-39-35(47-3)40-20-27)34(46)41-36(44)48-24-26-6-14-32(38)15-7-26;/h4-15,19-20,22H,16-18,21,23-24H2,1-3H3;1H. The van der Waals surface area contributed by atoms with E-state index in [4.69, 9.17) is 16.3 Å². The Bertz CT molecular complexity index is 1870. The second kappa shape index (κ2) is 17.9. The Morgan fingerprint density at radius 3 is 2.12 bits per heavy atom. The SMILES string of the molecule is COc1ncc(Cc2cn(CC(=O)N(CCN(C)C)Cc3ccc(-c4ccc(Cl)cc4)cc3)c(SCc3ccc(F)cc3)nc2=O)cn1.Cl. The van der Waals surface area contributed by atoms with E-state index in [0.29, 0.717) is 46.7 Å². The summed E-state index contributed by atoms with van der Waals surface area (Å²) in [6.07, 6.45) is 5.12. The van der Waals surface area contributed by atoms with Crippen LogP contribution in [0.4, 0.5) is 4.39 Å². The Morgan fingerprint density at radius 2 is 1.51 bits per heavy atom. The zero-order valence-corrected chi connectivity index (χ0v) is 29.8. The van der Waals surface area contributed by atoms with Crippen LogP contribution in [0.1, 0.15) is 22.3 Å². The average molecular weight is 724 g/mol. The van der Waals surface area contributed by atoms with Gasteiger partial charge in [-0.15, -0.1) is 12.4 Å². The van der Waals surface area contributed by atoms with Crippen molar-refractivity contribution in [2.24, 2.45) is 0 Å². The fourth-order valence-corrected chi connectivity index (χ4v) is 5.93. The van der Waals surface area contributed by atoms with Gasteiger partial charge in [-0.3, -0.25) is 9.59 Å². The summed E-state index contributed by atoms with van der Waals surface area (Å²) in [6, 6.07) is 22.2. The summed E-state index contributed by atoms with van der Waals surface area (Å²) in [5.41, 5.74) is 4.67. The van der Waals surface area contributed by atoms with Crippen molar-refractivity contribution >= 4 is 41.7 Å². The van der Waals surface area contributed by atoms with E-state index in [9.17, 15) is 14.0 Å². The molecule has 49 heavy (non-hydrogen) atoms. The average Bonchev–Trinajstić information content (AvgIpc) is 3.09. The molecule has 9 nitrogen and oxygen atoms in total. The molecule has 0 N–H and O–H groups in total. The molecule has 0 atom stereocenters. The lowest BCUT2D eigenvalue weighted by atomic mass is 10.0. The van der Waals surface area contributed by atoms with Gasteiger partial charge in [0.2, 0.25) is 5.91 Å². The molecule has 0 spiro atoms. The summed E-state index contributed by atoms with van der Waals surface area (Å²) in [7, 11) is 5.42. The van der Waals surface area contributed by atoms with Crippen molar-refractivity contribution in [3.8, 4) is 17.1 Å². The monoisotopic (exact) mass is 722 g/mol. The van der Waals surface area contributed by atoms with Gasteiger partial charge in [0.25, 0.3) is 5.56 Å². The minimum absolute atomic E-state index is 0. The predicted molar refractivity (Wildman–Crippen MR) is 194 cm³/mol. The first kappa shape index (κ1) is 37.5. The highest BCUT2D eigenvalue weighted by Crippen LogP contribution is 2.24. The molecule has 0 aliphatic rings. The molecule has 3 aromatic carbocycles. The second-order valence-corrected chi connectivity index (χ2v) is 12.9. The minimum atomic E-state index is -0.402. The molecular weight excluding hydrogens is 686 g/mol. The summed E-state index contributed by atoms with van der Waals surface area (Å²) in [4.78, 5) is 43.7. The number of halogens is 3. The van der Waals surface area contributed by atoms with Gasteiger partial charge in [-0.2, -0.15) is 4.98 Å². The van der Waals surface area contributed by atoms with Crippen LogP contribution in [0, 0.1) is 5.82 Å². The molecule has 256 valence electrons. The topological polar surface area (TPSA) is 93.5 Å². The van der Waals surface area contributed by atoms with Crippen LogP contribution in [0.2, 0.25) is 5.02 Å². The van der Waals surface area contributed by atoms with Crippen molar-refractivity contribution in [1.82, 2.24) is 29.3 Å². The van der Waals surface area contributed by atoms with Crippen LogP contribution >= 0.6 is 35.8 Å². The summed E-state index contributed by atoms with van der Waals surface area (Å²) in [6.45, 7) is 1.56. The van der Waals surface area contributed by atoms with E-state index in [1.165, 1.54) is 31.0 Å². The summed E-state index contributed by atoms with van der Waals surface area (Å²) in [5, 5.41) is 1.08. The minimum Gasteiger partial charge on any atom is -0.467 e. The number of hydrogen-bond acceptors (Lipinski definition) is 8. The molecular formula is C36H37Cl2FN6O3S. The normalized spacial score (nSPS) is 10.9. The Labute approximate surface area is 300 Å². The molecule has 0 saturated carbocycles. The van der Waals surface area contributed by atoms with E-state index in [1.54, 1.807) is 35.3 Å². The van der Waals surface area contributed by atoms with Crippen molar-refractivity contribution in [2.45, 2.75) is 30.4 Å². The molecule has 13 heteroatoms. The molecule has 1 amide bonds. The van der Waals surface area contributed by atoms with Crippen LogP contribution in [0.3, 0.4) is 0 Å². The zero-order valence-electron chi connectivity index (χ0n) is 27.4. The third-order valence-corrected chi connectivity index (χ3v) is 8.86. The van der Waals surface area contributed by atoms with E-state index in [1.807, 2.05) is 72.4 Å². The number of carbonyl (C=O) groups is 1. The van der Waals surface area contributed by atoms with Gasteiger partial charge in [-0.25, -0.2) is 14.4 Å². The Balaban J connectivity index is 0.00000541. The zero-order chi connectivity index (χ0) is 34.0. The number of aromatic nitrogens is 4. The number of amides is 1. The quantitative estimate of drug-likeness (QED) is 0.0962. The fourth-order valence-electron chi connectivity index (χ4n) is 4.88. The van der Waals surface area contributed by atoms with Gasteiger partial charge in [-0.05, 0) is 66.2 Å². The molecule has 5 aromatic rings. The van der Waals surface area contributed by atoms with Crippen LogP contribution < -0.4 is 10.3 Å². The van der Waals surface area contributed by atoms with Crippen LogP contribution in [0.5, 0.6) is 6.01 Å². The third kappa shape index (κ3) is 10.9. The maximum absolute atomic E-state index is 14.0. The first-order chi connectivity index (χ1) is 23.2. The Kier molecular flexibility index (Phi) is 13.7. The summed E-state index contributed by atoms with van der Waals surface area (Å²) in [5.74, 6) is -0.00298. The number of thioether (sulfide) groups is 1. The van der Waals surface area contributed by atoms with Crippen LogP contribution in [-0.4, -0.2) is 69.5 Å². The molecule has 2 heterocycles. The molecule has 0 unspecified atom stereocenters. The van der Waals surface area contributed by atoms with Gasteiger partial charge in [0.15, 0.2) is 5.16 Å². The largest absolute Gasteiger partial charge is 0.467 e. The molecule has 0 aliphatic carbocycles. The lowest BCUT2D eigenvalue weighted by Gasteiger charge is -2.26. The van der Waals surface area contributed by atoms with Crippen molar-refractivity contribution in [3.63, 3.8) is 0 Å². The number of methoxy groups -OCH3 is 1. The van der Waals surface area contributed by atoms with Gasteiger partial charge in [0.1, 0.15) is 12.4 Å². The van der Waals surface area contributed by atoms with Crippen molar-refractivity contribution in [1.29, 1.82) is 0 Å². The highest BCUT2D eigenvalue weighted by Gasteiger charge is 2.19. The molecule has 0 bridgehead atoms. The predicted octanol–water partition coefficient (Wildman–Crippen LogP) is 6.40. The first-order valence-electron chi connectivity index (χ1n) is 15.3. The second-order valence-electron chi connectivity index (χ2n) is 11.5. The number of hydrogen-bond donors (Lipinski definition) is 0. The Hall–Kier alpha value is -4.29. The van der Waals surface area contributed by atoms with E-state index in [0.717, 1.165) is 22.3 Å². The summed E-state index contributed by atoms with van der Waals surface area (Å²) >= 11 is 7.38. The smallest absolute Gasteiger partial charge is 0.316 e. The molecule has 0 radical (unpaired) electrons. The van der Waals surface area contributed by atoms with E-state index in [2.05, 4.69) is 15.0 Å². The maximum Gasteiger partial charge on any atom is 0.316 e. The van der Waals surface area contributed by atoms with Gasteiger partial charge in [-0.1, -0.05) is 71.9 Å². The molecule has 2 aromatic heterocycles. The molecule has 5 rings (SSSR count). The van der Waals surface area contributed by atoms with Gasteiger partial charge in [0.05, 0.1) is 7.11 Å². The molecule has 0 saturated heterocycles. The number of carbonyl (C=O) groups excluding carboxylic acids is 1. The van der Waals surface area contributed by atoms with Crippen LogP contribution in [0.15, 0.2) is 101 Å². The maximum atomic E-state index is 14.0. The molecule has 0 fully saturated rings. The fraction of sp³-hybridized carbons (Fsp3) is 0.250. The third-order valence-electron chi connectivity index (χ3n) is 7.55. The Morgan fingerprint density at radius 1 is 0.898 bits per heavy atom. The van der Waals surface area contributed by atoms with E-state index >= 15 is 0 Å². The van der Waals surface area contributed by atoms with Gasteiger partial charge in [0, 0.05) is 61.0 Å². The van der Waals surface area contributed by atoms with Crippen molar-refractivity contribution in [2.75, 3.05) is 34.3 Å². The van der Waals surface area contributed by atoms with Gasteiger partial charge >= 0.3 is 6.01 Å². The highest BCUT2D eigenvalue weighted by molar-refractivity contribution is 7.98. The highest BCUT2D eigenvalue weighted by atomic mass is 35.5. The van der Waals surface area contributed by atoms with E-state index < -0.39 is 5.56 Å². The van der Waals surface area contributed by atoms with Crippen molar-refractivity contribution < 1.29 is 13.9 Å². The number of ether oxygens (including phenoxy) is 1. The van der Waals surface area contributed by atoms with Gasteiger partial charge < -0.3 is 19.1 Å². The van der Waals surface area contributed by atoms with E-state index in [-0.39, 0.29) is 43.1 Å². The van der Waals surface area contributed by atoms with Crippen LogP contribution in [-0.2, 0) is 30.1 Å². The molecule has 0 aliphatic heterocycles. The lowest BCUT2D eigenvalue weighted by Crippen LogP contribution is -2.38. The van der Waals surface area contributed by atoms with Crippen LogP contribution in [0.25, 0.3) is 11.1 Å². The first-order valence-corrected chi connectivity index (χ1v) is 16.6. The number of rotatable bonds is 14. The lowest BCUT2D eigenvalue weighted by molar-refractivity contribution is -0.132. The number of likely N-dealkylation sites (N-methyl/N-ethyl adjacent to an activating group) is 1.